The van der Waals surface area contributed by atoms with Crippen LogP contribution in [0.2, 0.25) is 0 Å². The van der Waals surface area contributed by atoms with Crippen molar-refractivity contribution in [2.45, 2.75) is 19.8 Å². The molecule has 0 aliphatic carbocycles. The predicted molar refractivity (Wildman–Crippen MR) is 129 cm³/mol. The minimum Gasteiger partial charge on any atom is -0.458 e. The quantitative estimate of drug-likeness (QED) is 0.428. The molecule has 6 nitrogen and oxygen atoms in total. The maximum absolute atomic E-state index is 12.8. The largest absolute Gasteiger partial charge is 0.458 e. The van der Waals surface area contributed by atoms with Crippen molar-refractivity contribution in [3.05, 3.63) is 86.7 Å². The van der Waals surface area contributed by atoms with E-state index in [1.807, 2.05) is 48.7 Å². The molecule has 1 amide bonds. The smallest absolute Gasteiger partial charge is 0.337 e. The number of aryl methyl sites for hydroxylation is 1. The molecule has 1 aliphatic heterocycles. The minimum atomic E-state index is -0.555. The molecule has 1 aromatic heterocycles. The Morgan fingerprint density at radius 2 is 2.16 bits per heavy atom. The number of thioether (sulfide) groups is 1. The molecule has 164 valence electrons. The highest BCUT2D eigenvalue weighted by Gasteiger charge is 2.36. The standard InChI is InChI=1S/C24H23N3O3S2/c1-4-10-30-24(29)21-16(3)26-23(18(13-25)22(21)19-9-6-11-31-19)32-14-20(28)27-17-8-5-7-15(2)12-17/h4-9,11-12,22,26H,1,10,14H2,2-3H3,(H,27,28)/t22-/m1/s1. The molecule has 2 heterocycles. The fourth-order valence-electron chi connectivity index (χ4n) is 3.31. The number of carbonyl (C=O) groups is 2. The fourth-order valence-corrected chi connectivity index (χ4v) is 5.04. The molecule has 0 saturated heterocycles. The number of carbonyl (C=O) groups excluding carboxylic acids is 2. The number of amides is 1. The summed E-state index contributed by atoms with van der Waals surface area (Å²) in [6.07, 6.45) is 1.50. The van der Waals surface area contributed by atoms with Gasteiger partial charge < -0.3 is 15.4 Å². The predicted octanol–water partition coefficient (Wildman–Crippen LogP) is 4.85. The van der Waals surface area contributed by atoms with Crippen LogP contribution in [-0.2, 0) is 14.3 Å². The Hall–Kier alpha value is -3.28. The monoisotopic (exact) mass is 465 g/mol. The third-order valence-electron chi connectivity index (χ3n) is 4.68. The van der Waals surface area contributed by atoms with Crippen molar-refractivity contribution >= 4 is 40.7 Å². The van der Waals surface area contributed by atoms with E-state index in [-0.39, 0.29) is 18.3 Å². The van der Waals surface area contributed by atoms with Gasteiger partial charge in [0.15, 0.2) is 0 Å². The van der Waals surface area contributed by atoms with E-state index >= 15 is 0 Å². The zero-order valence-corrected chi connectivity index (χ0v) is 19.4. The highest BCUT2D eigenvalue weighted by molar-refractivity contribution is 8.03. The zero-order chi connectivity index (χ0) is 23.1. The van der Waals surface area contributed by atoms with Crippen LogP contribution in [0.5, 0.6) is 0 Å². The number of rotatable bonds is 8. The summed E-state index contributed by atoms with van der Waals surface area (Å²) >= 11 is 2.70. The van der Waals surface area contributed by atoms with Gasteiger partial charge in [0.25, 0.3) is 0 Å². The second-order valence-corrected chi connectivity index (χ2v) is 9.03. The maximum Gasteiger partial charge on any atom is 0.337 e. The molecule has 0 bridgehead atoms. The summed E-state index contributed by atoms with van der Waals surface area (Å²) < 4.78 is 5.28. The van der Waals surface area contributed by atoms with E-state index in [1.54, 1.807) is 6.92 Å². The van der Waals surface area contributed by atoms with Gasteiger partial charge in [0, 0.05) is 16.3 Å². The van der Waals surface area contributed by atoms with Crippen LogP contribution in [0.15, 0.2) is 76.3 Å². The molecule has 0 radical (unpaired) electrons. The number of nitrogens with one attached hydrogen (secondary N) is 2. The fraction of sp³-hybridized carbons (Fsp3) is 0.208. The molecule has 1 atom stereocenters. The molecule has 2 aromatic rings. The van der Waals surface area contributed by atoms with Gasteiger partial charge in [-0.15, -0.1) is 11.3 Å². The van der Waals surface area contributed by atoms with Crippen LogP contribution in [0.1, 0.15) is 23.3 Å². The Balaban J connectivity index is 1.84. The molecule has 1 aliphatic rings. The lowest BCUT2D eigenvalue weighted by Gasteiger charge is -2.28. The number of dihydropyridines is 1. The molecule has 0 saturated carbocycles. The van der Waals surface area contributed by atoms with Crippen molar-refractivity contribution in [3.63, 3.8) is 0 Å². The van der Waals surface area contributed by atoms with Crippen molar-refractivity contribution < 1.29 is 14.3 Å². The summed E-state index contributed by atoms with van der Waals surface area (Å²) in [5, 5.41) is 18.4. The van der Waals surface area contributed by atoms with Crippen LogP contribution in [0.25, 0.3) is 0 Å². The first-order valence-corrected chi connectivity index (χ1v) is 11.7. The summed E-state index contributed by atoms with van der Waals surface area (Å²) in [6, 6.07) is 13.6. The van der Waals surface area contributed by atoms with E-state index in [2.05, 4.69) is 23.3 Å². The number of hydrogen-bond donors (Lipinski definition) is 2. The molecule has 0 spiro atoms. The van der Waals surface area contributed by atoms with Gasteiger partial charge in [0.1, 0.15) is 6.61 Å². The van der Waals surface area contributed by atoms with Gasteiger partial charge in [-0.05, 0) is 43.0 Å². The van der Waals surface area contributed by atoms with E-state index in [0.717, 1.165) is 16.1 Å². The first-order chi connectivity index (χ1) is 15.4. The zero-order valence-electron chi connectivity index (χ0n) is 17.8. The lowest BCUT2D eigenvalue weighted by Crippen LogP contribution is -2.29. The molecule has 32 heavy (non-hydrogen) atoms. The number of thiophene rings is 1. The molecule has 0 fully saturated rings. The lowest BCUT2D eigenvalue weighted by atomic mass is 9.87. The Kier molecular flexibility index (Phi) is 7.92. The summed E-state index contributed by atoms with van der Waals surface area (Å²) in [5.74, 6) is -1.12. The average molecular weight is 466 g/mol. The van der Waals surface area contributed by atoms with Gasteiger partial charge in [0.2, 0.25) is 5.91 Å². The second-order valence-electron chi connectivity index (χ2n) is 7.06. The number of hydrogen-bond acceptors (Lipinski definition) is 7. The Bertz CT molecular complexity index is 1130. The van der Waals surface area contributed by atoms with Crippen LogP contribution >= 0.6 is 23.1 Å². The molecule has 0 unspecified atom stereocenters. The van der Waals surface area contributed by atoms with Gasteiger partial charge in [0.05, 0.1) is 33.9 Å². The van der Waals surface area contributed by atoms with E-state index in [1.165, 1.54) is 29.2 Å². The van der Waals surface area contributed by atoms with Gasteiger partial charge in [-0.25, -0.2) is 4.79 Å². The summed E-state index contributed by atoms with van der Waals surface area (Å²) in [5.41, 5.74) is 3.14. The van der Waals surface area contributed by atoms with Gasteiger partial charge in [-0.3, -0.25) is 4.79 Å². The highest BCUT2D eigenvalue weighted by atomic mass is 32.2. The first-order valence-electron chi connectivity index (χ1n) is 9.87. The average Bonchev–Trinajstić information content (AvgIpc) is 3.30. The third-order valence-corrected chi connectivity index (χ3v) is 6.63. The van der Waals surface area contributed by atoms with Crippen LogP contribution in [0.3, 0.4) is 0 Å². The van der Waals surface area contributed by atoms with E-state index in [4.69, 9.17) is 4.74 Å². The van der Waals surface area contributed by atoms with Crippen LogP contribution < -0.4 is 10.6 Å². The number of anilines is 1. The van der Waals surface area contributed by atoms with Crippen molar-refractivity contribution in [2.24, 2.45) is 0 Å². The maximum atomic E-state index is 12.8. The van der Waals surface area contributed by atoms with Crippen molar-refractivity contribution in [1.82, 2.24) is 5.32 Å². The van der Waals surface area contributed by atoms with Gasteiger partial charge in [-0.2, -0.15) is 5.26 Å². The van der Waals surface area contributed by atoms with Crippen LogP contribution in [0, 0.1) is 18.3 Å². The summed E-state index contributed by atoms with van der Waals surface area (Å²) in [7, 11) is 0. The molecular weight excluding hydrogens is 442 g/mol. The summed E-state index contributed by atoms with van der Waals surface area (Å²) in [4.78, 5) is 26.1. The summed E-state index contributed by atoms with van der Waals surface area (Å²) in [6.45, 7) is 7.38. The molecule has 2 N–H and O–H groups in total. The number of benzene rings is 1. The number of esters is 1. The van der Waals surface area contributed by atoms with Crippen molar-refractivity contribution in [3.8, 4) is 6.07 Å². The molecular formula is C24H23N3O3S2. The van der Waals surface area contributed by atoms with Gasteiger partial charge >= 0.3 is 5.97 Å². The Morgan fingerprint density at radius 3 is 2.81 bits per heavy atom. The SMILES string of the molecule is C=CCOC(=O)C1=C(C)NC(SCC(=O)Nc2cccc(C)c2)=C(C#N)[C@@H]1c1cccs1. The Morgan fingerprint density at radius 1 is 1.34 bits per heavy atom. The van der Waals surface area contributed by atoms with E-state index < -0.39 is 11.9 Å². The van der Waals surface area contributed by atoms with E-state index in [9.17, 15) is 14.9 Å². The topological polar surface area (TPSA) is 91.2 Å². The highest BCUT2D eigenvalue weighted by Crippen LogP contribution is 2.42. The van der Waals surface area contributed by atoms with Gasteiger partial charge in [-0.1, -0.05) is 42.6 Å². The number of nitrogens with zero attached hydrogens (tertiary/aromatic N) is 1. The molecule has 8 heteroatoms. The van der Waals surface area contributed by atoms with E-state index in [0.29, 0.717) is 21.9 Å². The minimum absolute atomic E-state index is 0.0825. The van der Waals surface area contributed by atoms with Crippen molar-refractivity contribution in [2.75, 3.05) is 17.7 Å². The lowest BCUT2D eigenvalue weighted by molar-refractivity contribution is -0.138. The first kappa shape index (κ1) is 23.4. The third kappa shape index (κ3) is 5.49. The molecule has 1 aromatic carbocycles. The number of ether oxygens (including phenoxy) is 1. The second kappa shape index (κ2) is 10.8. The normalized spacial score (nSPS) is 15.6. The van der Waals surface area contributed by atoms with Crippen LogP contribution in [0.4, 0.5) is 5.69 Å². The van der Waals surface area contributed by atoms with Crippen LogP contribution in [-0.4, -0.2) is 24.2 Å². The number of allylic oxidation sites excluding steroid dienone is 2. The Labute approximate surface area is 195 Å². The molecule has 3 rings (SSSR count). The number of nitriles is 1. The van der Waals surface area contributed by atoms with Crippen molar-refractivity contribution in [1.29, 1.82) is 5.26 Å².